The molecule has 1 unspecified atom stereocenters. The fraction of sp³-hybridized carbons (Fsp3) is 0.111. The summed E-state index contributed by atoms with van der Waals surface area (Å²) in [5.41, 5.74) is 2.57. The van der Waals surface area contributed by atoms with E-state index in [0.717, 1.165) is 21.9 Å². The van der Waals surface area contributed by atoms with Crippen LogP contribution in [0.25, 0.3) is 32.1 Å². The highest BCUT2D eigenvalue weighted by Gasteiger charge is 2.21. The molecule has 5 rings (SSSR count). The third kappa shape index (κ3) is 3.91. The molecule has 0 spiro atoms. The minimum absolute atomic E-state index is 0.184. The van der Waals surface area contributed by atoms with Crippen LogP contribution in [0.5, 0.6) is 0 Å². The molecule has 0 fully saturated rings. The van der Waals surface area contributed by atoms with Gasteiger partial charge < -0.3 is 5.32 Å². The van der Waals surface area contributed by atoms with Gasteiger partial charge in [-0.25, -0.2) is 4.98 Å². The van der Waals surface area contributed by atoms with Crippen molar-refractivity contribution in [3.8, 4) is 11.1 Å². The molecule has 6 nitrogen and oxygen atoms in total. The molecule has 2 heterocycles. The third-order valence-corrected chi connectivity index (χ3v) is 6.75. The molecular weight excluding hydrogens is 446 g/mol. The molecule has 0 saturated heterocycles. The maximum Gasteiger partial charge on any atom is 0.263 e. The van der Waals surface area contributed by atoms with Gasteiger partial charge in [0, 0.05) is 29.1 Å². The molecule has 34 heavy (non-hydrogen) atoms. The highest BCUT2D eigenvalue weighted by molar-refractivity contribution is 7.17. The van der Waals surface area contributed by atoms with Gasteiger partial charge in [0.15, 0.2) is 5.78 Å². The summed E-state index contributed by atoms with van der Waals surface area (Å²) in [6, 6.07) is 20.1. The minimum atomic E-state index is -0.736. The number of Topliss-reactive ketones (excluding diaryl/α,β-unsaturated/α-hetero) is 1. The Labute approximate surface area is 199 Å². The summed E-state index contributed by atoms with van der Waals surface area (Å²) in [7, 11) is 0. The second kappa shape index (κ2) is 8.68. The molecule has 0 bridgehead atoms. The van der Waals surface area contributed by atoms with Gasteiger partial charge in [0.25, 0.3) is 5.56 Å². The van der Waals surface area contributed by atoms with Crippen molar-refractivity contribution in [3.63, 3.8) is 0 Å². The monoisotopic (exact) mass is 467 g/mol. The lowest BCUT2D eigenvalue weighted by atomic mass is 10.0. The fourth-order valence-corrected chi connectivity index (χ4v) is 4.99. The number of hydrogen-bond acceptors (Lipinski definition) is 5. The first-order valence-corrected chi connectivity index (χ1v) is 11.7. The Morgan fingerprint density at radius 2 is 1.74 bits per heavy atom. The van der Waals surface area contributed by atoms with Gasteiger partial charge >= 0.3 is 0 Å². The zero-order chi connectivity index (χ0) is 23.8. The summed E-state index contributed by atoms with van der Waals surface area (Å²) in [5, 5.41) is 7.36. The van der Waals surface area contributed by atoms with Gasteiger partial charge in [-0.1, -0.05) is 36.4 Å². The Balaban J connectivity index is 1.53. The summed E-state index contributed by atoms with van der Waals surface area (Å²) in [4.78, 5) is 43.0. The van der Waals surface area contributed by atoms with Crippen molar-refractivity contribution in [3.05, 3.63) is 94.4 Å². The van der Waals surface area contributed by atoms with Gasteiger partial charge in [0.05, 0.1) is 17.8 Å². The largest absolute Gasteiger partial charge is 0.326 e. The van der Waals surface area contributed by atoms with E-state index in [1.165, 1.54) is 29.2 Å². The molecule has 7 heteroatoms. The highest BCUT2D eigenvalue weighted by Crippen LogP contribution is 2.32. The number of carbonyl (C=O) groups is 2. The Morgan fingerprint density at radius 1 is 1.00 bits per heavy atom. The van der Waals surface area contributed by atoms with Crippen LogP contribution in [-0.4, -0.2) is 21.2 Å². The maximum absolute atomic E-state index is 13.5. The van der Waals surface area contributed by atoms with Gasteiger partial charge in [-0.2, -0.15) is 0 Å². The number of nitrogens with one attached hydrogen (secondary N) is 1. The molecule has 0 aliphatic rings. The van der Waals surface area contributed by atoms with Crippen LogP contribution >= 0.6 is 11.3 Å². The average molecular weight is 468 g/mol. The van der Waals surface area contributed by atoms with Crippen LogP contribution in [0.2, 0.25) is 0 Å². The lowest BCUT2D eigenvalue weighted by molar-refractivity contribution is -0.114. The summed E-state index contributed by atoms with van der Waals surface area (Å²) >= 11 is 1.42. The summed E-state index contributed by atoms with van der Waals surface area (Å²) in [6.07, 6.45) is 1.44. The number of fused-ring (bicyclic) bond motifs is 2. The van der Waals surface area contributed by atoms with E-state index in [-0.39, 0.29) is 17.2 Å². The number of hydrogen-bond donors (Lipinski definition) is 1. The summed E-state index contributed by atoms with van der Waals surface area (Å²) in [6.45, 7) is 3.12. The van der Waals surface area contributed by atoms with Gasteiger partial charge in [-0.3, -0.25) is 19.0 Å². The van der Waals surface area contributed by atoms with Crippen LogP contribution in [0, 0.1) is 0 Å². The number of ketones is 1. The number of thiophene rings is 1. The van der Waals surface area contributed by atoms with Crippen molar-refractivity contribution < 1.29 is 9.59 Å². The predicted octanol–water partition coefficient (Wildman–Crippen LogP) is 5.68. The van der Waals surface area contributed by atoms with Crippen LogP contribution < -0.4 is 10.9 Å². The van der Waals surface area contributed by atoms with Crippen molar-refractivity contribution in [2.45, 2.75) is 19.9 Å². The Kier molecular flexibility index (Phi) is 5.55. The second-order valence-corrected chi connectivity index (χ2v) is 9.01. The average Bonchev–Trinajstić information content (AvgIpc) is 3.28. The molecule has 5 aromatic rings. The Hall–Kier alpha value is -4.10. The molecule has 0 saturated carbocycles. The van der Waals surface area contributed by atoms with Gasteiger partial charge in [-0.05, 0) is 53.6 Å². The minimum Gasteiger partial charge on any atom is -0.326 e. The van der Waals surface area contributed by atoms with Gasteiger partial charge in [0.2, 0.25) is 5.91 Å². The Morgan fingerprint density at radius 3 is 2.47 bits per heavy atom. The van der Waals surface area contributed by atoms with Crippen molar-refractivity contribution in [2.24, 2.45) is 0 Å². The van der Waals surface area contributed by atoms with Crippen LogP contribution in [-0.2, 0) is 4.79 Å². The number of aromatic nitrogens is 2. The van der Waals surface area contributed by atoms with Gasteiger partial charge in [-0.15, -0.1) is 11.3 Å². The van der Waals surface area contributed by atoms with Crippen LogP contribution in [0.15, 0.2) is 83.2 Å². The Bertz CT molecular complexity index is 1620. The molecule has 2 aromatic heterocycles. The van der Waals surface area contributed by atoms with E-state index in [9.17, 15) is 14.4 Å². The van der Waals surface area contributed by atoms with E-state index in [2.05, 4.69) is 22.4 Å². The molecule has 0 aliphatic carbocycles. The normalized spacial score (nSPS) is 12.1. The standard InChI is InChI=1S/C27H21N3O3S/c1-16(25(32)19-9-11-22(12-10-19)29-17(2)31)30-15-28-26-24(27(30)33)23(14-34-26)21-8-7-18-5-3-4-6-20(18)13-21/h3-16H,1-2H3,(H,29,31). The fourth-order valence-electron chi connectivity index (χ4n) is 4.08. The van der Waals surface area contributed by atoms with Crippen molar-refractivity contribution in [1.29, 1.82) is 0 Å². The zero-order valence-corrected chi connectivity index (χ0v) is 19.4. The molecule has 168 valence electrons. The number of benzene rings is 3. The number of amides is 1. The molecule has 3 aromatic carbocycles. The van der Waals surface area contributed by atoms with Crippen molar-refractivity contribution in [1.82, 2.24) is 9.55 Å². The van der Waals surface area contributed by atoms with E-state index in [0.29, 0.717) is 21.5 Å². The van der Waals surface area contributed by atoms with Crippen LogP contribution in [0.4, 0.5) is 5.69 Å². The number of nitrogens with zero attached hydrogens (tertiary/aromatic N) is 2. The van der Waals surface area contributed by atoms with E-state index in [1.807, 2.05) is 35.7 Å². The first-order valence-electron chi connectivity index (χ1n) is 10.8. The number of carbonyl (C=O) groups excluding carboxylic acids is 2. The van der Waals surface area contributed by atoms with E-state index in [4.69, 9.17) is 0 Å². The van der Waals surface area contributed by atoms with Crippen LogP contribution in [0.1, 0.15) is 30.2 Å². The summed E-state index contributed by atoms with van der Waals surface area (Å²) in [5.74, 6) is -0.392. The smallest absolute Gasteiger partial charge is 0.263 e. The number of rotatable bonds is 5. The van der Waals surface area contributed by atoms with Crippen molar-refractivity contribution >= 4 is 49.7 Å². The van der Waals surface area contributed by atoms with E-state index >= 15 is 0 Å². The maximum atomic E-state index is 13.5. The predicted molar refractivity (Wildman–Crippen MR) is 137 cm³/mol. The first kappa shape index (κ1) is 21.7. The highest BCUT2D eigenvalue weighted by atomic mass is 32.1. The summed E-state index contributed by atoms with van der Waals surface area (Å²) < 4.78 is 1.39. The first-order chi connectivity index (χ1) is 16.4. The molecular formula is C27H21N3O3S. The lowest BCUT2D eigenvalue weighted by Gasteiger charge is -2.14. The van der Waals surface area contributed by atoms with E-state index < -0.39 is 6.04 Å². The topological polar surface area (TPSA) is 81.1 Å². The molecule has 0 radical (unpaired) electrons. The number of anilines is 1. The lowest BCUT2D eigenvalue weighted by Crippen LogP contribution is -2.28. The quantitative estimate of drug-likeness (QED) is 0.337. The molecule has 1 atom stereocenters. The molecule has 0 aliphatic heterocycles. The molecule has 1 N–H and O–H groups in total. The van der Waals surface area contributed by atoms with Crippen molar-refractivity contribution in [2.75, 3.05) is 5.32 Å². The SMILES string of the molecule is CC(=O)Nc1ccc(C(=O)C(C)n2cnc3scc(-c4ccc5ccccc5c4)c3c2=O)cc1. The second-order valence-electron chi connectivity index (χ2n) is 8.15. The molecule has 1 amide bonds. The zero-order valence-electron chi connectivity index (χ0n) is 18.6. The van der Waals surface area contributed by atoms with Gasteiger partial charge in [0.1, 0.15) is 4.83 Å². The van der Waals surface area contributed by atoms with E-state index in [1.54, 1.807) is 31.2 Å². The third-order valence-electron chi connectivity index (χ3n) is 5.87. The van der Waals surface area contributed by atoms with Crippen LogP contribution in [0.3, 0.4) is 0 Å².